The minimum absolute atomic E-state index is 0.208. The standard InChI is InChI=1S/C11H8FN3O3/c12-9-1-8(2-11(3-9)15(17)18)4-14-5-10(6-16)13-7-14/h1-3,5-7H,4H2. The summed E-state index contributed by atoms with van der Waals surface area (Å²) in [7, 11) is 0. The van der Waals surface area contributed by atoms with Gasteiger partial charge in [-0.2, -0.15) is 0 Å². The van der Waals surface area contributed by atoms with E-state index in [4.69, 9.17) is 0 Å². The van der Waals surface area contributed by atoms with Crippen LogP contribution in [-0.2, 0) is 6.54 Å². The number of carbonyl (C=O) groups is 1. The Morgan fingerprint density at radius 1 is 1.44 bits per heavy atom. The summed E-state index contributed by atoms with van der Waals surface area (Å²) < 4.78 is 14.7. The second-order valence-corrected chi connectivity index (χ2v) is 3.66. The van der Waals surface area contributed by atoms with E-state index in [9.17, 15) is 19.3 Å². The van der Waals surface area contributed by atoms with Crippen LogP contribution in [0.3, 0.4) is 0 Å². The fraction of sp³-hybridized carbons (Fsp3) is 0.0909. The van der Waals surface area contributed by atoms with Crippen molar-refractivity contribution in [2.75, 3.05) is 0 Å². The molecule has 0 radical (unpaired) electrons. The zero-order chi connectivity index (χ0) is 13.1. The maximum atomic E-state index is 13.2. The third-order valence-electron chi connectivity index (χ3n) is 2.29. The molecule has 18 heavy (non-hydrogen) atoms. The Morgan fingerprint density at radius 3 is 2.83 bits per heavy atom. The van der Waals surface area contributed by atoms with Crippen molar-refractivity contribution in [2.45, 2.75) is 6.54 Å². The number of nitrogens with zero attached hydrogens (tertiary/aromatic N) is 3. The number of hydrogen-bond acceptors (Lipinski definition) is 4. The van der Waals surface area contributed by atoms with Gasteiger partial charge in [0.05, 0.1) is 17.3 Å². The van der Waals surface area contributed by atoms with Gasteiger partial charge in [0.2, 0.25) is 0 Å². The van der Waals surface area contributed by atoms with Crippen LogP contribution in [0, 0.1) is 15.9 Å². The van der Waals surface area contributed by atoms with Crippen molar-refractivity contribution in [2.24, 2.45) is 0 Å². The molecule has 0 fully saturated rings. The van der Waals surface area contributed by atoms with Crippen molar-refractivity contribution in [3.05, 3.63) is 57.9 Å². The molecule has 2 rings (SSSR count). The molecule has 0 bridgehead atoms. The van der Waals surface area contributed by atoms with Crippen LogP contribution in [0.4, 0.5) is 10.1 Å². The van der Waals surface area contributed by atoms with Gasteiger partial charge >= 0.3 is 0 Å². The zero-order valence-electron chi connectivity index (χ0n) is 9.12. The number of hydrogen-bond donors (Lipinski definition) is 0. The predicted molar refractivity (Wildman–Crippen MR) is 59.8 cm³/mol. The maximum Gasteiger partial charge on any atom is 0.272 e. The molecule has 1 heterocycles. The molecule has 1 aromatic heterocycles. The number of aldehydes is 1. The number of nitro benzene ring substituents is 1. The highest BCUT2D eigenvalue weighted by molar-refractivity contribution is 5.70. The Labute approximate surface area is 101 Å². The van der Waals surface area contributed by atoms with Crippen molar-refractivity contribution < 1.29 is 14.1 Å². The first-order chi connectivity index (χ1) is 8.58. The largest absolute Gasteiger partial charge is 0.332 e. The van der Waals surface area contributed by atoms with Crippen LogP contribution in [0.15, 0.2) is 30.7 Å². The van der Waals surface area contributed by atoms with E-state index in [1.807, 2.05) is 0 Å². The lowest BCUT2D eigenvalue weighted by Gasteiger charge is -2.02. The van der Waals surface area contributed by atoms with Gasteiger partial charge in [0.15, 0.2) is 6.29 Å². The highest BCUT2D eigenvalue weighted by Gasteiger charge is 2.10. The highest BCUT2D eigenvalue weighted by atomic mass is 19.1. The average molecular weight is 249 g/mol. The fourth-order valence-electron chi connectivity index (χ4n) is 1.57. The molecule has 7 heteroatoms. The molecule has 2 aromatic rings. The van der Waals surface area contributed by atoms with Gasteiger partial charge in [-0.05, 0) is 11.6 Å². The molecular weight excluding hydrogens is 241 g/mol. The SMILES string of the molecule is O=Cc1cn(Cc2cc(F)cc([N+](=O)[O-])c2)cn1. The molecular formula is C11H8FN3O3. The topological polar surface area (TPSA) is 78.0 Å². The molecule has 0 spiro atoms. The number of halogens is 1. The lowest BCUT2D eigenvalue weighted by Crippen LogP contribution is -1.99. The Bertz CT molecular complexity index is 609. The molecule has 0 saturated carbocycles. The predicted octanol–water partition coefficient (Wildman–Crippen LogP) is 1.79. The Morgan fingerprint density at radius 2 is 2.22 bits per heavy atom. The van der Waals surface area contributed by atoms with Gasteiger partial charge < -0.3 is 4.57 Å². The molecule has 0 saturated heterocycles. The molecule has 0 aliphatic carbocycles. The summed E-state index contributed by atoms with van der Waals surface area (Å²) in [6, 6.07) is 3.34. The van der Waals surface area contributed by atoms with Crippen molar-refractivity contribution in [1.29, 1.82) is 0 Å². The van der Waals surface area contributed by atoms with Crippen LogP contribution in [0.1, 0.15) is 16.1 Å². The lowest BCUT2D eigenvalue weighted by molar-refractivity contribution is -0.385. The monoisotopic (exact) mass is 249 g/mol. The van der Waals surface area contributed by atoms with Crippen molar-refractivity contribution >= 4 is 12.0 Å². The number of rotatable bonds is 4. The van der Waals surface area contributed by atoms with E-state index in [1.165, 1.54) is 24.7 Å². The first-order valence-electron chi connectivity index (χ1n) is 4.99. The number of benzene rings is 1. The number of non-ortho nitro benzene ring substituents is 1. The molecule has 0 aliphatic heterocycles. The first-order valence-corrected chi connectivity index (χ1v) is 4.99. The van der Waals surface area contributed by atoms with E-state index < -0.39 is 10.7 Å². The molecule has 0 amide bonds. The third-order valence-corrected chi connectivity index (χ3v) is 2.29. The van der Waals surface area contributed by atoms with Crippen LogP contribution in [-0.4, -0.2) is 20.8 Å². The minimum Gasteiger partial charge on any atom is -0.332 e. The van der Waals surface area contributed by atoms with Gasteiger partial charge in [0.1, 0.15) is 11.5 Å². The Hall–Kier alpha value is -2.57. The molecule has 0 N–H and O–H groups in total. The number of aromatic nitrogens is 2. The van der Waals surface area contributed by atoms with Crippen molar-refractivity contribution in [3.8, 4) is 0 Å². The molecule has 1 aromatic carbocycles. The molecule has 0 atom stereocenters. The normalized spacial score (nSPS) is 10.3. The summed E-state index contributed by atoms with van der Waals surface area (Å²) in [6.45, 7) is 0.208. The second-order valence-electron chi connectivity index (χ2n) is 3.66. The van der Waals surface area contributed by atoms with Crippen LogP contribution < -0.4 is 0 Å². The summed E-state index contributed by atoms with van der Waals surface area (Å²) in [6.07, 6.45) is 3.47. The smallest absolute Gasteiger partial charge is 0.272 e. The third kappa shape index (κ3) is 2.57. The van der Waals surface area contributed by atoms with E-state index in [0.29, 0.717) is 11.8 Å². The van der Waals surface area contributed by atoms with E-state index in [-0.39, 0.29) is 17.9 Å². The Balaban J connectivity index is 2.28. The molecule has 0 aliphatic rings. The minimum atomic E-state index is -0.671. The molecule has 92 valence electrons. The van der Waals surface area contributed by atoms with Gasteiger partial charge in [-0.3, -0.25) is 14.9 Å². The lowest BCUT2D eigenvalue weighted by atomic mass is 10.2. The van der Waals surface area contributed by atoms with E-state index in [2.05, 4.69) is 4.98 Å². The second kappa shape index (κ2) is 4.74. The summed E-state index contributed by atoms with van der Waals surface area (Å²) in [5.74, 6) is -0.671. The summed E-state index contributed by atoms with van der Waals surface area (Å²) in [4.78, 5) is 24.1. The summed E-state index contributed by atoms with van der Waals surface area (Å²) >= 11 is 0. The highest BCUT2D eigenvalue weighted by Crippen LogP contribution is 2.17. The van der Waals surface area contributed by atoms with Crippen LogP contribution >= 0.6 is 0 Å². The van der Waals surface area contributed by atoms with Crippen molar-refractivity contribution in [3.63, 3.8) is 0 Å². The average Bonchev–Trinajstić information content (AvgIpc) is 2.76. The van der Waals surface area contributed by atoms with Crippen molar-refractivity contribution in [1.82, 2.24) is 9.55 Å². The number of carbonyl (C=O) groups excluding carboxylic acids is 1. The Kier molecular flexibility index (Phi) is 3.13. The van der Waals surface area contributed by atoms with Gasteiger partial charge in [-0.1, -0.05) is 0 Å². The quantitative estimate of drug-likeness (QED) is 0.470. The number of imidazole rings is 1. The van der Waals surface area contributed by atoms with E-state index >= 15 is 0 Å². The van der Waals surface area contributed by atoms with E-state index in [1.54, 1.807) is 4.57 Å². The van der Waals surface area contributed by atoms with Gasteiger partial charge in [-0.15, -0.1) is 0 Å². The summed E-state index contributed by atoms with van der Waals surface area (Å²) in [5.41, 5.74) is 0.373. The molecule has 0 unspecified atom stereocenters. The van der Waals surface area contributed by atoms with Gasteiger partial charge in [-0.25, -0.2) is 9.37 Å². The maximum absolute atomic E-state index is 13.2. The van der Waals surface area contributed by atoms with Crippen LogP contribution in [0.5, 0.6) is 0 Å². The fourth-order valence-corrected chi connectivity index (χ4v) is 1.57. The van der Waals surface area contributed by atoms with Gasteiger partial charge in [0, 0.05) is 18.8 Å². The number of nitro groups is 1. The van der Waals surface area contributed by atoms with Gasteiger partial charge in [0.25, 0.3) is 5.69 Å². The zero-order valence-corrected chi connectivity index (χ0v) is 9.12. The van der Waals surface area contributed by atoms with E-state index in [0.717, 1.165) is 6.07 Å². The van der Waals surface area contributed by atoms with Crippen LogP contribution in [0.25, 0.3) is 0 Å². The first kappa shape index (κ1) is 11.9. The molecule has 6 nitrogen and oxygen atoms in total. The van der Waals surface area contributed by atoms with Crippen LogP contribution in [0.2, 0.25) is 0 Å². The summed E-state index contributed by atoms with van der Waals surface area (Å²) in [5, 5.41) is 10.6.